The third-order valence-corrected chi connectivity index (χ3v) is 6.72. The summed E-state index contributed by atoms with van der Waals surface area (Å²) in [6, 6.07) is 17.5. The van der Waals surface area contributed by atoms with Crippen molar-refractivity contribution < 1.29 is 27.0 Å². The van der Waals surface area contributed by atoms with Crippen molar-refractivity contribution in [3.8, 4) is 5.75 Å². The molecule has 0 amide bonds. The van der Waals surface area contributed by atoms with Gasteiger partial charge in [0.25, 0.3) is 0 Å². The zero-order valence-corrected chi connectivity index (χ0v) is 26.4. The topological polar surface area (TPSA) is 71.6 Å². The summed E-state index contributed by atoms with van der Waals surface area (Å²) in [6.45, 7) is 14.5. The summed E-state index contributed by atoms with van der Waals surface area (Å²) >= 11 is 0. The summed E-state index contributed by atoms with van der Waals surface area (Å²) in [5.41, 5.74) is 6.96. The van der Waals surface area contributed by atoms with Crippen LogP contribution >= 0.6 is 0 Å². The number of hydrogen-bond acceptors (Lipinski definition) is 5. The highest BCUT2D eigenvalue weighted by Crippen LogP contribution is 2.51. The molecule has 0 spiro atoms. The molecule has 0 radical (unpaired) electrons. The van der Waals surface area contributed by atoms with Crippen molar-refractivity contribution in [1.82, 2.24) is 0 Å². The maximum absolute atomic E-state index is 13.9. The van der Waals surface area contributed by atoms with Crippen LogP contribution in [0.5, 0.6) is 5.75 Å². The number of benzene rings is 3. The second kappa shape index (κ2) is 17.3. The first-order valence-corrected chi connectivity index (χ1v) is 14.4. The largest absolute Gasteiger partial charge is 0.497 e. The first-order chi connectivity index (χ1) is 20.5. The quantitative estimate of drug-likeness (QED) is 0.128. The fraction of sp³-hybridized carbons (Fsp3) is 0.382. The van der Waals surface area contributed by atoms with Gasteiger partial charge in [0, 0.05) is 28.9 Å². The number of nitrogens with zero attached hydrogens (tertiary/aromatic N) is 1. The third kappa shape index (κ3) is 9.07. The van der Waals surface area contributed by atoms with Crippen LogP contribution in [0.25, 0.3) is 0 Å². The summed E-state index contributed by atoms with van der Waals surface area (Å²) < 4.78 is 64.6. The molecule has 1 aliphatic heterocycles. The molecule has 1 heterocycles. The minimum atomic E-state index is -4.55. The fourth-order valence-corrected chi connectivity index (χ4v) is 5.01. The van der Waals surface area contributed by atoms with E-state index >= 15 is 0 Å². The Kier molecular flexibility index (Phi) is 15.0. The summed E-state index contributed by atoms with van der Waals surface area (Å²) in [4.78, 5) is 2.08. The highest BCUT2D eigenvalue weighted by molar-refractivity contribution is 5.91. The number of rotatable bonds is 6. The molecule has 3 aromatic carbocycles. The van der Waals surface area contributed by atoms with Crippen LogP contribution < -0.4 is 15.4 Å². The molecule has 43 heavy (non-hydrogen) atoms. The van der Waals surface area contributed by atoms with E-state index < -0.39 is 23.0 Å². The molecule has 236 valence electrons. The van der Waals surface area contributed by atoms with Gasteiger partial charge in [0.05, 0.1) is 12.7 Å². The molecule has 9 heteroatoms. The Morgan fingerprint density at radius 1 is 1.00 bits per heavy atom. The zero-order chi connectivity index (χ0) is 32.8. The number of fused-ring (bicyclic) bond motifs is 1. The van der Waals surface area contributed by atoms with E-state index in [1.807, 2.05) is 90.9 Å². The lowest BCUT2D eigenvalue weighted by Crippen LogP contribution is -2.31. The van der Waals surface area contributed by atoms with E-state index in [2.05, 4.69) is 4.90 Å². The van der Waals surface area contributed by atoms with E-state index in [1.54, 1.807) is 19.2 Å². The van der Waals surface area contributed by atoms with Gasteiger partial charge in [0.15, 0.2) is 0 Å². The SMILES string of the molecule is C/C=C1\N(CC)c2ccc(OC)cc2C1(C)Cc1cc(F)ccc1C(F)(F)F.CC.CC.N=C(OCN)c1ccccc1. The van der Waals surface area contributed by atoms with E-state index in [0.29, 0.717) is 12.3 Å². The van der Waals surface area contributed by atoms with Gasteiger partial charge in [0.2, 0.25) is 5.90 Å². The van der Waals surface area contributed by atoms with Crippen LogP contribution in [0.2, 0.25) is 0 Å². The maximum atomic E-state index is 13.9. The number of halogens is 4. The predicted octanol–water partition coefficient (Wildman–Crippen LogP) is 9.09. The molecular formula is C34H45F4N3O2. The standard InChI is InChI=1S/C22H23F4NO.C8H10N2O.2C2H6/c1-5-20-21(3,13-14-11-15(23)7-9-17(14)22(24,25)26)18-12-16(28-4)8-10-19(18)27(20)6-2;9-6-11-8(10)7-4-2-1-3-5-7;2*1-2/h5,7-12H,6,13H2,1-4H3;1-5,10H,6,9H2;2*1-2H3/b20-5-;;;. The van der Waals surface area contributed by atoms with Crippen molar-refractivity contribution >= 4 is 11.6 Å². The van der Waals surface area contributed by atoms with Crippen LogP contribution in [0.15, 0.2) is 78.5 Å². The minimum absolute atomic E-state index is 0.0238. The second-order valence-corrected chi connectivity index (χ2v) is 9.12. The molecule has 5 nitrogen and oxygen atoms in total. The summed E-state index contributed by atoms with van der Waals surface area (Å²) in [5, 5.41) is 7.33. The average molecular weight is 604 g/mol. The Hall–Kier alpha value is -3.85. The molecule has 0 aliphatic carbocycles. The van der Waals surface area contributed by atoms with Gasteiger partial charge in [-0.05, 0) is 86.8 Å². The maximum Gasteiger partial charge on any atom is 0.416 e. The Balaban J connectivity index is 0.000000514. The Bertz CT molecular complexity index is 1330. The van der Waals surface area contributed by atoms with Crippen molar-refractivity contribution in [3.05, 3.63) is 107 Å². The van der Waals surface area contributed by atoms with Crippen molar-refractivity contribution in [3.63, 3.8) is 0 Å². The molecule has 0 aromatic heterocycles. The number of anilines is 1. The van der Waals surface area contributed by atoms with Crippen molar-refractivity contribution in [2.24, 2.45) is 5.73 Å². The van der Waals surface area contributed by atoms with Crippen molar-refractivity contribution in [2.75, 3.05) is 25.3 Å². The lowest BCUT2D eigenvalue weighted by Gasteiger charge is -2.31. The average Bonchev–Trinajstić information content (AvgIpc) is 3.25. The van der Waals surface area contributed by atoms with Crippen LogP contribution in [0.1, 0.15) is 70.7 Å². The smallest absolute Gasteiger partial charge is 0.416 e. The number of methoxy groups -OCH3 is 1. The number of nitrogens with two attached hydrogens (primary N) is 1. The number of hydrogen-bond donors (Lipinski definition) is 2. The molecule has 0 saturated heterocycles. The van der Waals surface area contributed by atoms with Gasteiger partial charge in [-0.2, -0.15) is 13.2 Å². The third-order valence-electron chi connectivity index (χ3n) is 6.72. The Morgan fingerprint density at radius 2 is 1.63 bits per heavy atom. The lowest BCUT2D eigenvalue weighted by molar-refractivity contribution is -0.138. The van der Waals surface area contributed by atoms with Crippen LogP contribution in [0, 0.1) is 11.2 Å². The van der Waals surface area contributed by atoms with Crippen LogP contribution in [-0.2, 0) is 22.7 Å². The molecule has 3 aromatic rings. The van der Waals surface area contributed by atoms with Crippen LogP contribution in [0.4, 0.5) is 23.2 Å². The molecule has 1 aliphatic rings. The summed E-state index contributed by atoms with van der Waals surface area (Å²) in [6.07, 6.45) is -2.60. The Morgan fingerprint density at radius 3 is 2.14 bits per heavy atom. The highest BCUT2D eigenvalue weighted by atomic mass is 19.4. The number of likely N-dealkylation sites (N-methyl/N-ethyl adjacent to an activating group) is 1. The van der Waals surface area contributed by atoms with Crippen molar-refractivity contribution in [1.29, 1.82) is 5.41 Å². The van der Waals surface area contributed by atoms with Gasteiger partial charge in [-0.15, -0.1) is 0 Å². The minimum Gasteiger partial charge on any atom is -0.497 e. The monoisotopic (exact) mass is 603 g/mol. The number of nitrogens with one attached hydrogen (secondary N) is 1. The van der Waals surface area contributed by atoms with Crippen LogP contribution in [-0.4, -0.2) is 26.3 Å². The number of ether oxygens (including phenoxy) is 2. The molecule has 0 bridgehead atoms. The van der Waals surface area contributed by atoms with E-state index in [4.69, 9.17) is 20.6 Å². The van der Waals surface area contributed by atoms with Gasteiger partial charge in [-0.3, -0.25) is 11.1 Å². The van der Waals surface area contributed by atoms with Crippen LogP contribution in [0.3, 0.4) is 0 Å². The first-order valence-electron chi connectivity index (χ1n) is 14.4. The lowest BCUT2D eigenvalue weighted by atomic mass is 9.75. The number of alkyl halides is 3. The molecule has 1 atom stereocenters. The van der Waals surface area contributed by atoms with Gasteiger partial charge >= 0.3 is 6.18 Å². The molecule has 0 saturated carbocycles. The molecule has 1 unspecified atom stereocenters. The second-order valence-electron chi connectivity index (χ2n) is 9.12. The summed E-state index contributed by atoms with van der Waals surface area (Å²) in [5.74, 6) is 0.0756. The van der Waals surface area contributed by atoms with Gasteiger partial charge in [-0.1, -0.05) is 52.0 Å². The van der Waals surface area contributed by atoms with Gasteiger partial charge < -0.3 is 14.4 Å². The number of allylic oxidation sites excluding steroid dienone is 2. The van der Waals surface area contributed by atoms with Gasteiger partial charge in [0.1, 0.15) is 18.3 Å². The van der Waals surface area contributed by atoms with E-state index in [1.165, 1.54) is 0 Å². The Labute approximate surface area is 253 Å². The van der Waals surface area contributed by atoms with Crippen molar-refractivity contribution in [2.45, 2.75) is 66.5 Å². The van der Waals surface area contributed by atoms with Gasteiger partial charge in [-0.25, -0.2) is 4.39 Å². The summed E-state index contributed by atoms with van der Waals surface area (Å²) in [7, 11) is 1.55. The fourth-order valence-electron chi connectivity index (χ4n) is 5.01. The first kappa shape index (κ1) is 37.2. The molecule has 4 rings (SSSR count). The predicted molar refractivity (Wildman–Crippen MR) is 168 cm³/mol. The van der Waals surface area contributed by atoms with E-state index in [-0.39, 0.29) is 24.6 Å². The molecular weight excluding hydrogens is 558 g/mol. The highest BCUT2D eigenvalue weighted by Gasteiger charge is 2.45. The molecule has 0 fully saturated rings. The van der Waals surface area contributed by atoms with E-state index in [0.717, 1.165) is 40.7 Å². The zero-order valence-electron chi connectivity index (χ0n) is 26.4. The van der Waals surface area contributed by atoms with E-state index in [9.17, 15) is 17.6 Å². The normalized spacial score (nSPS) is 16.0. The molecule has 3 N–H and O–H groups in total.